The Hall–Kier alpha value is -1.58. The van der Waals surface area contributed by atoms with E-state index in [9.17, 15) is 9.18 Å². The number of para-hydroxylation sites is 1. The van der Waals surface area contributed by atoms with Crippen LogP contribution in [0.3, 0.4) is 0 Å². The number of nitrogens with zero attached hydrogens (tertiary/aromatic N) is 3. The average Bonchev–Trinajstić information content (AvgIpc) is 2.66. The molecule has 1 aromatic rings. The normalized spacial score (nSPS) is 15.8. The van der Waals surface area contributed by atoms with E-state index in [2.05, 4.69) is 25.4 Å². The number of amides is 1. The Morgan fingerprint density at radius 1 is 1.26 bits per heavy atom. The highest BCUT2D eigenvalue weighted by Crippen LogP contribution is 2.20. The second-order valence-electron chi connectivity index (χ2n) is 6.53. The van der Waals surface area contributed by atoms with Crippen LogP contribution in [-0.2, 0) is 4.79 Å². The first-order chi connectivity index (χ1) is 12.5. The minimum absolute atomic E-state index is 0. The number of anilines is 1. The fourth-order valence-corrected chi connectivity index (χ4v) is 2.94. The van der Waals surface area contributed by atoms with Crippen molar-refractivity contribution in [2.75, 3.05) is 44.7 Å². The quantitative estimate of drug-likeness (QED) is 0.365. The largest absolute Gasteiger partial charge is 0.366 e. The molecular weight excluding hydrogens is 460 g/mol. The number of nitrogens with one attached hydrogen (secondary N) is 2. The molecule has 2 N–H and O–H groups in total. The predicted molar refractivity (Wildman–Crippen MR) is 119 cm³/mol. The molecule has 1 aromatic carbocycles. The molecule has 0 aliphatic carbocycles. The van der Waals surface area contributed by atoms with Gasteiger partial charge in [0.1, 0.15) is 5.82 Å². The van der Waals surface area contributed by atoms with Gasteiger partial charge in [0.15, 0.2) is 5.96 Å². The van der Waals surface area contributed by atoms with Gasteiger partial charge in [0.05, 0.1) is 5.69 Å². The molecule has 1 aliphatic heterocycles. The van der Waals surface area contributed by atoms with Crippen LogP contribution >= 0.6 is 24.0 Å². The van der Waals surface area contributed by atoms with Crippen LogP contribution in [0.4, 0.5) is 10.1 Å². The Labute approximate surface area is 178 Å². The molecule has 1 aliphatic rings. The van der Waals surface area contributed by atoms with Crippen molar-refractivity contribution in [1.82, 2.24) is 15.5 Å². The first-order valence-corrected chi connectivity index (χ1v) is 9.29. The molecule has 152 valence electrons. The number of guanidine groups is 1. The van der Waals surface area contributed by atoms with Crippen molar-refractivity contribution in [2.24, 2.45) is 4.99 Å². The summed E-state index contributed by atoms with van der Waals surface area (Å²) in [6.45, 7) is 7.57. The molecule has 1 fully saturated rings. The maximum absolute atomic E-state index is 13.9. The lowest BCUT2D eigenvalue weighted by Crippen LogP contribution is -2.53. The molecule has 0 radical (unpaired) electrons. The second kappa shape index (κ2) is 12.0. The Balaban J connectivity index is 0.00000364. The number of rotatable bonds is 6. The lowest BCUT2D eigenvalue weighted by atomic mass is 10.2. The lowest BCUT2D eigenvalue weighted by molar-refractivity contribution is -0.121. The highest BCUT2D eigenvalue weighted by molar-refractivity contribution is 14.0. The third-order valence-corrected chi connectivity index (χ3v) is 4.64. The van der Waals surface area contributed by atoms with Gasteiger partial charge < -0.3 is 20.4 Å². The summed E-state index contributed by atoms with van der Waals surface area (Å²) in [5.74, 6) is 0.650. The van der Waals surface area contributed by atoms with Gasteiger partial charge in [-0.25, -0.2) is 4.39 Å². The third kappa shape index (κ3) is 7.15. The van der Waals surface area contributed by atoms with Crippen LogP contribution in [0.1, 0.15) is 26.7 Å². The van der Waals surface area contributed by atoms with Gasteiger partial charge in [-0.2, -0.15) is 0 Å². The van der Waals surface area contributed by atoms with Crippen LogP contribution in [-0.4, -0.2) is 62.6 Å². The zero-order valence-corrected chi connectivity index (χ0v) is 18.7. The fourth-order valence-electron chi connectivity index (χ4n) is 2.94. The second-order valence-corrected chi connectivity index (χ2v) is 6.53. The number of hydrogen-bond acceptors (Lipinski definition) is 3. The zero-order valence-electron chi connectivity index (χ0n) is 16.4. The Morgan fingerprint density at radius 3 is 2.52 bits per heavy atom. The maximum Gasteiger partial charge on any atom is 0.221 e. The SMILES string of the molecule is CCC(C)NC(=O)CCNC(=NC)N1CCN(c2ccccc2F)CC1.I. The molecule has 1 heterocycles. The number of benzene rings is 1. The average molecular weight is 491 g/mol. The molecule has 27 heavy (non-hydrogen) atoms. The summed E-state index contributed by atoms with van der Waals surface area (Å²) in [6.07, 6.45) is 1.34. The zero-order chi connectivity index (χ0) is 18.9. The molecule has 1 atom stereocenters. The molecule has 2 rings (SSSR count). The monoisotopic (exact) mass is 491 g/mol. The van der Waals surface area contributed by atoms with E-state index in [1.165, 1.54) is 6.07 Å². The first kappa shape index (κ1) is 23.5. The van der Waals surface area contributed by atoms with Crippen LogP contribution in [0.5, 0.6) is 0 Å². The van der Waals surface area contributed by atoms with Crippen molar-refractivity contribution in [3.8, 4) is 0 Å². The molecule has 1 saturated heterocycles. The summed E-state index contributed by atoms with van der Waals surface area (Å²) in [4.78, 5) is 20.3. The van der Waals surface area contributed by atoms with Gasteiger partial charge in [-0.15, -0.1) is 24.0 Å². The number of piperazine rings is 1. The van der Waals surface area contributed by atoms with E-state index in [0.29, 0.717) is 18.7 Å². The highest BCUT2D eigenvalue weighted by Gasteiger charge is 2.21. The smallest absolute Gasteiger partial charge is 0.221 e. The van der Waals surface area contributed by atoms with Gasteiger partial charge in [0.2, 0.25) is 5.91 Å². The Bertz CT molecular complexity index is 620. The summed E-state index contributed by atoms with van der Waals surface area (Å²) in [6, 6.07) is 7.07. The Morgan fingerprint density at radius 2 is 1.93 bits per heavy atom. The van der Waals surface area contributed by atoms with Gasteiger partial charge in [-0.05, 0) is 25.5 Å². The molecule has 0 aromatic heterocycles. The maximum atomic E-state index is 13.9. The van der Waals surface area contributed by atoms with Crippen LogP contribution in [0.15, 0.2) is 29.3 Å². The first-order valence-electron chi connectivity index (χ1n) is 9.29. The number of halogens is 2. The van der Waals surface area contributed by atoms with E-state index in [0.717, 1.165) is 38.6 Å². The van der Waals surface area contributed by atoms with Crippen molar-refractivity contribution < 1.29 is 9.18 Å². The standard InChI is InChI=1S/C19H30FN5O.HI/c1-4-15(2)23-18(26)9-10-22-19(21-3)25-13-11-24(12-14-25)17-8-6-5-7-16(17)20;/h5-8,15H,4,9-14H2,1-3H3,(H,21,22)(H,23,26);1H. The van der Waals surface area contributed by atoms with E-state index >= 15 is 0 Å². The number of aliphatic imine (C=N–C) groups is 1. The van der Waals surface area contributed by atoms with Gasteiger partial charge in [0.25, 0.3) is 0 Å². The summed E-state index contributed by atoms with van der Waals surface area (Å²) in [5.41, 5.74) is 0.650. The summed E-state index contributed by atoms with van der Waals surface area (Å²) in [7, 11) is 1.74. The van der Waals surface area contributed by atoms with Crippen LogP contribution in [0, 0.1) is 5.82 Å². The van der Waals surface area contributed by atoms with Crippen LogP contribution in [0.2, 0.25) is 0 Å². The van der Waals surface area contributed by atoms with E-state index in [4.69, 9.17) is 0 Å². The van der Waals surface area contributed by atoms with Crippen molar-refractivity contribution in [1.29, 1.82) is 0 Å². The van der Waals surface area contributed by atoms with Crippen molar-refractivity contribution in [2.45, 2.75) is 32.7 Å². The third-order valence-electron chi connectivity index (χ3n) is 4.64. The van der Waals surface area contributed by atoms with Crippen molar-refractivity contribution in [3.05, 3.63) is 30.1 Å². The van der Waals surface area contributed by atoms with E-state index in [1.807, 2.05) is 26.0 Å². The molecule has 0 bridgehead atoms. The predicted octanol–water partition coefficient (Wildman–Crippen LogP) is 2.45. The van der Waals surface area contributed by atoms with Crippen LogP contribution < -0.4 is 15.5 Å². The Kier molecular flexibility index (Phi) is 10.4. The van der Waals surface area contributed by atoms with Crippen molar-refractivity contribution >= 4 is 41.5 Å². The molecule has 1 unspecified atom stereocenters. The summed E-state index contributed by atoms with van der Waals surface area (Å²) < 4.78 is 13.9. The molecule has 0 spiro atoms. The van der Waals surface area contributed by atoms with E-state index in [1.54, 1.807) is 13.1 Å². The topological polar surface area (TPSA) is 60.0 Å². The minimum Gasteiger partial charge on any atom is -0.366 e. The molecule has 6 nitrogen and oxygen atoms in total. The molecular formula is C19H31FIN5O. The number of carbonyl (C=O) groups is 1. The molecule has 0 saturated carbocycles. The highest BCUT2D eigenvalue weighted by atomic mass is 127. The molecule has 8 heteroatoms. The number of carbonyl (C=O) groups excluding carboxylic acids is 1. The van der Waals surface area contributed by atoms with Crippen LogP contribution in [0.25, 0.3) is 0 Å². The van der Waals surface area contributed by atoms with Gasteiger partial charge >= 0.3 is 0 Å². The van der Waals surface area contributed by atoms with Gasteiger partial charge in [-0.3, -0.25) is 9.79 Å². The summed E-state index contributed by atoms with van der Waals surface area (Å²) in [5, 5.41) is 6.21. The number of hydrogen-bond donors (Lipinski definition) is 2. The lowest BCUT2D eigenvalue weighted by Gasteiger charge is -2.37. The van der Waals surface area contributed by atoms with Gasteiger partial charge in [0, 0.05) is 52.2 Å². The van der Waals surface area contributed by atoms with Gasteiger partial charge in [-0.1, -0.05) is 19.1 Å². The van der Waals surface area contributed by atoms with E-state index < -0.39 is 0 Å². The fraction of sp³-hybridized carbons (Fsp3) is 0.579. The molecule has 1 amide bonds. The summed E-state index contributed by atoms with van der Waals surface area (Å²) >= 11 is 0. The van der Waals surface area contributed by atoms with E-state index in [-0.39, 0.29) is 41.7 Å². The van der Waals surface area contributed by atoms with Crippen molar-refractivity contribution in [3.63, 3.8) is 0 Å². The minimum atomic E-state index is -0.184.